The number of thiophene rings is 1. The molecule has 3 aromatic rings. The van der Waals surface area contributed by atoms with Crippen LogP contribution in [0.1, 0.15) is 0 Å². The minimum atomic E-state index is -3.23. The number of benzene rings is 1. The third-order valence-electron chi connectivity index (χ3n) is 2.70. The van der Waals surface area contributed by atoms with Crippen LogP contribution in [-0.2, 0) is 9.84 Å². The van der Waals surface area contributed by atoms with Crippen molar-refractivity contribution in [3.63, 3.8) is 0 Å². The molecule has 0 saturated carbocycles. The molecule has 0 saturated heterocycles. The van der Waals surface area contributed by atoms with Crippen LogP contribution in [0.3, 0.4) is 0 Å². The van der Waals surface area contributed by atoms with E-state index in [1.165, 1.54) is 6.07 Å². The molecular weight excluding hydrogens is 332 g/mol. The van der Waals surface area contributed by atoms with Crippen molar-refractivity contribution >= 4 is 32.8 Å². The van der Waals surface area contributed by atoms with Gasteiger partial charge in [-0.15, -0.1) is 11.3 Å². The normalized spacial score (nSPS) is 11.7. The predicted molar refractivity (Wildman–Crippen MR) is 81.2 cm³/mol. The van der Waals surface area contributed by atoms with Crippen molar-refractivity contribution in [2.75, 3.05) is 6.26 Å². The molecule has 0 spiro atoms. The second-order valence-electron chi connectivity index (χ2n) is 4.36. The first-order valence-electron chi connectivity index (χ1n) is 5.82. The zero-order valence-electron chi connectivity index (χ0n) is 10.8. The van der Waals surface area contributed by atoms with E-state index in [1.807, 2.05) is 6.07 Å². The lowest BCUT2D eigenvalue weighted by Crippen LogP contribution is -1.92. The molecule has 0 bridgehead atoms. The molecule has 2 heterocycles. The summed E-state index contributed by atoms with van der Waals surface area (Å²) in [4.78, 5) is 4.26. The molecule has 3 rings (SSSR count). The van der Waals surface area contributed by atoms with Gasteiger partial charge in [-0.25, -0.2) is 8.42 Å². The largest absolute Gasteiger partial charge is 0.334 e. The zero-order valence-corrected chi connectivity index (χ0v) is 13.2. The molecule has 0 unspecified atom stereocenters. The molecule has 0 radical (unpaired) electrons. The van der Waals surface area contributed by atoms with Gasteiger partial charge in [-0.1, -0.05) is 28.9 Å². The highest BCUT2D eigenvalue weighted by Gasteiger charge is 2.16. The van der Waals surface area contributed by atoms with Crippen LogP contribution >= 0.6 is 22.9 Å². The van der Waals surface area contributed by atoms with Gasteiger partial charge in [0.2, 0.25) is 5.82 Å². The lowest BCUT2D eigenvalue weighted by molar-refractivity contribution is 0.432. The predicted octanol–water partition coefficient (Wildman–Crippen LogP) is 3.52. The van der Waals surface area contributed by atoms with Gasteiger partial charge in [0.1, 0.15) is 4.21 Å². The van der Waals surface area contributed by atoms with Gasteiger partial charge in [-0.3, -0.25) is 0 Å². The quantitative estimate of drug-likeness (QED) is 0.729. The monoisotopic (exact) mass is 340 g/mol. The Morgan fingerprint density at radius 2 is 2.05 bits per heavy atom. The summed E-state index contributed by atoms with van der Waals surface area (Å²) in [6.07, 6.45) is 1.16. The summed E-state index contributed by atoms with van der Waals surface area (Å²) in [6, 6.07) is 8.61. The lowest BCUT2D eigenvalue weighted by atomic mass is 10.2. The highest BCUT2D eigenvalue weighted by atomic mass is 35.5. The second-order valence-corrected chi connectivity index (χ2v) is 7.95. The second kappa shape index (κ2) is 5.25. The van der Waals surface area contributed by atoms with Crippen molar-refractivity contribution in [1.29, 1.82) is 0 Å². The van der Waals surface area contributed by atoms with Gasteiger partial charge in [0.25, 0.3) is 5.89 Å². The molecular formula is C13H9ClN2O3S2. The molecule has 108 valence electrons. The summed E-state index contributed by atoms with van der Waals surface area (Å²) in [5, 5.41) is 6.14. The maximum Gasteiger partial charge on any atom is 0.259 e. The van der Waals surface area contributed by atoms with E-state index in [4.69, 9.17) is 16.1 Å². The average Bonchev–Trinajstić information content (AvgIpc) is 3.07. The Balaban J connectivity index is 1.97. The fraction of sp³-hybridized carbons (Fsp3) is 0.0769. The van der Waals surface area contributed by atoms with Gasteiger partial charge in [0, 0.05) is 22.2 Å². The summed E-state index contributed by atoms with van der Waals surface area (Å²) < 4.78 is 28.4. The third kappa shape index (κ3) is 2.99. The van der Waals surface area contributed by atoms with Crippen molar-refractivity contribution in [2.24, 2.45) is 0 Å². The first-order chi connectivity index (χ1) is 9.93. The van der Waals surface area contributed by atoms with E-state index in [0.29, 0.717) is 16.4 Å². The number of halogens is 1. The molecule has 0 aliphatic heterocycles. The van der Waals surface area contributed by atoms with Crippen LogP contribution in [0.15, 0.2) is 44.4 Å². The number of nitrogens with zero attached hydrogens (tertiary/aromatic N) is 2. The van der Waals surface area contributed by atoms with Crippen LogP contribution in [0.4, 0.5) is 0 Å². The summed E-state index contributed by atoms with van der Waals surface area (Å²) in [6.45, 7) is 0. The molecule has 0 atom stereocenters. The summed E-state index contributed by atoms with van der Waals surface area (Å²) >= 11 is 7.04. The van der Waals surface area contributed by atoms with Gasteiger partial charge < -0.3 is 4.52 Å². The molecule has 0 N–H and O–H groups in total. The summed E-state index contributed by atoms with van der Waals surface area (Å²) in [7, 11) is -3.23. The van der Waals surface area contributed by atoms with Gasteiger partial charge >= 0.3 is 0 Å². The van der Waals surface area contributed by atoms with Crippen LogP contribution in [0.25, 0.3) is 22.8 Å². The van der Waals surface area contributed by atoms with E-state index < -0.39 is 9.84 Å². The lowest BCUT2D eigenvalue weighted by Gasteiger charge is -1.93. The van der Waals surface area contributed by atoms with E-state index in [2.05, 4.69) is 10.1 Å². The molecule has 2 aromatic heterocycles. The Labute approximate surface area is 130 Å². The highest BCUT2D eigenvalue weighted by Crippen LogP contribution is 2.29. The first-order valence-corrected chi connectivity index (χ1v) is 8.97. The third-order valence-corrected chi connectivity index (χ3v) is 5.70. The smallest absolute Gasteiger partial charge is 0.259 e. The van der Waals surface area contributed by atoms with Crippen LogP contribution in [0.2, 0.25) is 5.02 Å². The van der Waals surface area contributed by atoms with Crippen LogP contribution in [0.5, 0.6) is 0 Å². The Bertz CT molecular complexity index is 900. The molecule has 5 nitrogen and oxygen atoms in total. The van der Waals surface area contributed by atoms with Gasteiger partial charge in [-0.2, -0.15) is 4.98 Å². The standard InChI is InChI=1S/C13H9ClN2O3S2/c1-21(17,18)11-6-9(7-20-11)13-15-12(16-19-13)8-3-2-4-10(14)5-8/h2-7H,1H3. The van der Waals surface area contributed by atoms with Gasteiger partial charge in [0.15, 0.2) is 9.84 Å². The highest BCUT2D eigenvalue weighted by molar-refractivity contribution is 7.92. The average molecular weight is 341 g/mol. The summed E-state index contributed by atoms with van der Waals surface area (Å²) in [5.74, 6) is 0.677. The number of hydrogen-bond acceptors (Lipinski definition) is 6. The van der Waals surface area contributed by atoms with E-state index >= 15 is 0 Å². The van der Waals surface area contributed by atoms with Gasteiger partial charge in [-0.05, 0) is 18.2 Å². The van der Waals surface area contributed by atoms with Crippen LogP contribution < -0.4 is 0 Å². The molecule has 0 aliphatic rings. The Hall–Kier alpha value is -1.70. The SMILES string of the molecule is CS(=O)(=O)c1cc(-c2nc(-c3cccc(Cl)c3)no2)cs1. The maximum atomic E-state index is 11.5. The van der Waals surface area contributed by atoms with Crippen molar-refractivity contribution in [2.45, 2.75) is 4.21 Å². The maximum absolute atomic E-state index is 11.5. The van der Waals surface area contributed by atoms with Crippen molar-refractivity contribution < 1.29 is 12.9 Å². The molecule has 1 aromatic carbocycles. The minimum Gasteiger partial charge on any atom is -0.334 e. The molecule has 0 amide bonds. The number of sulfone groups is 1. The van der Waals surface area contributed by atoms with Crippen LogP contribution in [-0.4, -0.2) is 24.8 Å². The fourth-order valence-corrected chi connectivity index (χ4v) is 3.69. The Kier molecular flexibility index (Phi) is 3.56. The first kappa shape index (κ1) is 14.2. The molecule has 21 heavy (non-hydrogen) atoms. The van der Waals surface area contributed by atoms with E-state index in [-0.39, 0.29) is 10.1 Å². The molecule has 0 aliphatic carbocycles. The zero-order chi connectivity index (χ0) is 15.0. The van der Waals surface area contributed by atoms with E-state index in [9.17, 15) is 8.42 Å². The van der Waals surface area contributed by atoms with E-state index in [0.717, 1.165) is 23.2 Å². The fourth-order valence-electron chi connectivity index (χ4n) is 1.71. The summed E-state index contributed by atoms with van der Waals surface area (Å²) in [5.41, 5.74) is 1.32. The number of rotatable bonds is 3. The topological polar surface area (TPSA) is 73.1 Å². The number of hydrogen-bond donors (Lipinski definition) is 0. The minimum absolute atomic E-state index is 0.264. The van der Waals surface area contributed by atoms with E-state index in [1.54, 1.807) is 23.6 Å². The van der Waals surface area contributed by atoms with Crippen molar-refractivity contribution in [3.8, 4) is 22.8 Å². The van der Waals surface area contributed by atoms with Crippen LogP contribution in [0, 0.1) is 0 Å². The van der Waals surface area contributed by atoms with Gasteiger partial charge in [0.05, 0.1) is 5.56 Å². The molecule has 8 heteroatoms. The Morgan fingerprint density at radius 3 is 2.71 bits per heavy atom. The molecule has 0 fully saturated rings. The Morgan fingerprint density at radius 1 is 1.24 bits per heavy atom. The number of aromatic nitrogens is 2. The van der Waals surface area contributed by atoms with Crippen molar-refractivity contribution in [3.05, 3.63) is 40.7 Å². The van der Waals surface area contributed by atoms with Crippen molar-refractivity contribution in [1.82, 2.24) is 10.1 Å².